The van der Waals surface area contributed by atoms with Gasteiger partial charge < -0.3 is 11.1 Å². The largest absolute Gasteiger partial charge is 0.369 e. The zero-order chi connectivity index (χ0) is 23.5. The minimum Gasteiger partial charge on any atom is -0.369 e. The first-order valence-electron chi connectivity index (χ1n) is 12.0. The van der Waals surface area contributed by atoms with Crippen molar-refractivity contribution in [1.82, 2.24) is 9.62 Å². The summed E-state index contributed by atoms with van der Waals surface area (Å²) < 4.78 is 29.5. The molecule has 8 nitrogen and oxygen atoms in total. The Morgan fingerprint density at radius 1 is 1.12 bits per heavy atom. The van der Waals surface area contributed by atoms with Crippen molar-refractivity contribution in [1.29, 1.82) is 0 Å². The van der Waals surface area contributed by atoms with Gasteiger partial charge in [-0.05, 0) is 87.3 Å². The standard InChI is InChI=1S/C24H34N4O4S/c1-15-4-5-16(2)20(8-15)28-7-3-6-27(33(28,31)32)14-21(29)26-22-18-9-17-10-19(22)13-24(11-17,12-18)23(25)30/h4-5,8,17-19,22H,3,6-7,9-14H2,1-2H3,(H2,25,30)(H,26,29). The number of hydrogen-bond donors (Lipinski definition) is 2. The molecule has 0 spiro atoms. The molecule has 5 aliphatic rings. The highest BCUT2D eigenvalue weighted by Gasteiger charge is 2.58. The van der Waals surface area contributed by atoms with Crippen LogP contribution < -0.4 is 15.4 Å². The number of aryl methyl sites for hydroxylation is 2. The molecule has 33 heavy (non-hydrogen) atoms. The van der Waals surface area contributed by atoms with Gasteiger partial charge in [0.1, 0.15) is 0 Å². The van der Waals surface area contributed by atoms with Crippen LogP contribution in [0, 0.1) is 37.0 Å². The molecule has 9 heteroatoms. The van der Waals surface area contributed by atoms with Gasteiger partial charge in [-0.2, -0.15) is 12.7 Å². The van der Waals surface area contributed by atoms with Crippen LogP contribution in [0.15, 0.2) is 18.2 Å². The predicted octanol–water partition coefficient (Wildman–Crippen LogP) is 1.86. The third-order valence-electron chi connectivity index (χ3n) is 8.45. The van der Waals surface area contributed by atoms with Crippen molar-refractivity contribution in [2.24, 2.45) is 28.9 Å². The van der Waals surface area contributed by atoms with Gasteiger partial charge in [0.15, 0.2) is 0 Å². The summed E-state index contributed by atoms with van der Waals surface area (Å²) >= 11 is 0. The van der Waals surface area contributed by atoms with Crippen molar-refractivity contribution in [2.45, 2.75) is 58.4 Å². The maximum Gasteiger partial charge on any atom is 0.304 e. The highest BCUT2D eigenvalue weighted by atomic mass is 32.2. The van der Waals surface area contributed by atoms with E-state index in [4.69, 9.17) is 5.73 Å². The van der Waals surface area contributed by atoms with Crippen LogP contribution in [0.5, 0.6) is 0 Å². The van der Waals surface area contributed by atoms with Crippen molar-refractivity contribution in [3.05, 3.63) is 29.3 Å². The third-order valence-corrected chi connectivity index (χ3v) is 10.4. The first kappa shape index (κ1) is 22.7. The lowest BCUT2D eigenvalue weighted by Crippen LogP contribution is -2.63. The Kier molecular flexibility index (Phi) is 5.47. The lowest BCUT2D eigenvalue weighted by molar-refractivity contribution is -0.147. The van der Waals surface area contributed by atoms with E-state index in [1.807, 2.05) is 32.0 Å². The van der Waals surface area contributed by atoms with Gasteiger partial charge in [-0.25, -0.2) is 0 Å². The van der Waals surface area contributed by atoms with Gasteiger partial charge in [-0.3, -0.25) is 13.9 Å². The summed E-state index contributed by atoms with van der Waals surface area (Å²) in [6.07, 6.45) is 5.05. The number of rotatable bonds is 5. The first-order chi connectivity index (χ1) is 15.6. The number of carbonyl (C=O) groups excluding carboxylic acids is 2. The summed E-state index contributed by atoms with van der Waals surface area (Å²) in [5.41, 5.74) is 7.94. The molecule has 3 N–H and O–H groups in total. The van der Waals surface area contributed by atoms with E-state index < -0.39 is 15.6 Å². The lowest BCUT2D eigenvalue weighted by atomic mass is 9.47. The summed E-state index contributed by atoms with van der Waals surface area (Å²) in [6.45, 7) is 4.42. The molecule has 1 aromatic rings. The van der Waals surface area contributed by atoms with Gasteiger partial charge in [0.2, 0.25) is 11.8 Å². The average Bonchev–Trinajstić information content (AvgIpc) is 2.73. The number of nitrogens with zero attached hydrogens (tertiary/aromatic N) is 2. The Hall–Kier alpha value is -2.13. The van der Waals surface area contributed by atoms with E-state index in [-0.39, 0.29) is 36.2 Å². The molecule has 2 atom stereocenters. The quantitative estimate of drug-likeness (QED) is 0.678. The lowest BCUT2D eigenvalue weighted by Gasteiger charge is -2.58. The fourth-order valence-corrected chi connectivity index (χ4v) is 8.83. The fraction of sp³-hybridized carbons (Fsp3) is 0.667. The summed E-state index contributed by atoms with van der Waals surface area (Å²) in [6, 6.07) is 5.79. The number of nitrogens with two attached hydrogens (primary N) is 1. The molecule has 1 saturated heterocycles. The molecule has 4 bridgehead atoms. The minimum absolute atomic E-state index is 0.00383. The van der Waals surface area contributed by atoms with Crippen LogP contribution in [0.1, 0.15) is 49.7 Å². The number of nitrogens with one attached hydrogen (secondary N) is 1. The van der Waals surface area contributed by atoms with Gasteiger partial charge in [-0.1, -0.05) is 12.1 Å². The second kappa shape index (κ2) is 7.98. The topological polar surface area (TPSA) is 113 Å². The molecule has 5 fully saturated rings. The maximum atomic E-state index is 13.4. The molecule has 1 aliphatic heterocycles. The summed E-state index contributed by atoms with van der Waals surface area (Å²) in [7, 11) is -3.79. The van der Waals surface area contributed by atoms with Crippen LogP contribution in [0.3, 0.4) is 0 Å². The second-order valence-corrected chi connectivity index (χ2v) is 12.6. The summed E-state index contributed by atoms with van der Waals surface area (Å²) in [5.74, 6) is 0.551. The molecule has 1 heterocycles. The maximum absolute atomic E-state index is 13.4. The number of carbonyl (C=O) groups is 2. The van der Waals surface area contributed by atoms with Gasteiger partial charge >= 0.3 is 10.2 Å². The number of hydrogen-bond acceptors (Lipinski definition) is 4. The van der Waals surface area contributed by atoms with Crippen LogP contribution in [0.25, 0.3) is 0 Å². The minimum atomic E-state index is -3.79. The fourth-order valence-electron chi connectivity index (χ4n) is 7.11. The molecule has 0 radical (unpaired) electrons. The van der Waals surface area contributed by atoms with Crippen molar-refractivity contribution in [3.63, 3.8) is 0 Å². The van der Waals surface area contributed by atoms with Crippen molar-refractivity contribution < 1.29 is 18.0 Å². The van der Waals surface area contributed by atoms with E-state index in [1.54, 1.807) is 0 Å². The summed E-state index contributed by atoms with van der Waals surface area (Å²) in [4.78, 5) is 25.2. The van der Waals surface area contributed by atoms with Crippen molar-refractivity contribution in [2.75, 3.05) is 23.9 Å². The second-order valence-electron chi connectivity index (χ2n) is 10.8. The highest BCUT2D eigenvalue weighted by Crippen LogP contribution is 2.59. The molecular formula is C24H34N4O4S. The Labute approximate surface area is 196 Å². The van der Waals surface area contributed by atoms with Crippen LogP contribution in [0.2, 0.25) is 0 Å². The first-order valence-corrected chi connectivity index (χ1v) is 13.4. The number of amides is 2. The Morgan fingerprint density at radius 3 is 2.48 bits per heavy atom. The molecule has 180 valence electrons. The predicted molar refractivity (Wildman–Crippen MR) is 125 cm³/mol. The third kappa shape index (κ3) is 3.83. The highest BCUT2D eigenvalue weighted by molar-refractivity contribution is 7.90. The zero-order valence-electron chi connectivity index (χ0n) is 19.4. The molecular weight excluding hydrogens is 440 g/mol. The SMILES string of the molecule is Cc1ccc(C)c(N2CCCN(CC(=O)NC3C4CC5CC3CC(C(N)=O)(C5)C4)S2(=O)=O)c1. The van der Waals surface area contributed by atoms with E-state index in [2.05, 4.69) is 5.32 Å². The van der Waals surface area contributed by atoms with E-state index in [9.17, 15) is 18.0 Å². The Morgan fingerprint density at radius 2 is 1.82 bits per heavy atom. The molecule has 4 aliphatic carbocycles. The van der Waals surface area contributed by atoms with Crippen LogP contribution >= 0.6 is 0 Å². The molecule has 0 aromatic heterocycles. The normalized spacial score (nSPS) is 34.9. The molecule has 2 unspecified atom stereocenters. The summed E-state index contributed by atoms with van der Waals surface area (Å²) in [5, 5.41) is 3.16. The number of primary amides is 1. The Bertz CT molecular complexity index is 1070. The van der Waals surface area contributed by atoms with Crippen LogP contribution in [0.4, 0.5) is 5.69 Å². The zero-order valence-corrected chi connectivity index (χ0v) is 20.2. The monoisotopic (exact) mass is 474 g/mol. The number of benzene rings is 1. The van der Waals surface area contributed by atoms with Crippen LogP contribution in [-0.4, -0.2) is 50.2 Å². The molecule has 6 rings (SSSR count). The van der Waals surface area contributed by atoms with Gasteiger partial charge in [0.05, 0.1) is 12.2 Å². The average molecular weight is 475 g/mol. The van der Waals surface area contributed by atoms with Gasteiger partial charge in [-0.15, -0.1) is 0 Å². The van der Waals surface area contributed by atoms with E-state index >= 15 is 0 Å². The molecule has 1 aromatic carbocycles. The van der Waals surface area contributed by atoms with Crippen molar-refractivity contribution in [3.8, 4) is 0 Å². The van der Waals surface area contributed by atoms with Crippen molar-refractivity contribution >= 4 is 27.7 Å². The van der Waals surface area contributed by atoms with E-state index in [1.165, 1.54) is 8.61 Å². The molecule has 4 saturated carbocycles. The van der Waals surface area contributed by atoms with E-state index in [0.29, 0.717) is 31.1 Å². The smallest absolute Gasteiger partial charge is 0.304 e. The Balaban J connectivity index is 1.28. The van der Waals surface area contributed by atoms with Gasteiger partial charge in [0.25, 0.3) is 0 Å². The molecule has 2 amide bonds. The number of anilines is 1. The van der Waals surface area contributed by atoms with E-state index in [0.717, 1.165) is 43.2 Å². The van der Waals surface area contributed by atoms with Gasteiger partial charge in [0, 0.05) is 24.5 Å². The van der Waals surface area contributed by atoms with Crippen LogP contribution in [-0.2, 0) is 19.8 Å².